The van der Waals surface area contributed by atoms with Crippen LogP contribution in [0.15, 0.2) is 34.5 Å². The van der Waals surface area contributed by atoms with Gasteiger partial charge in [-0.05, 0) is 56.0 Å². The van der Waals surface area contributed by atoms with Crippen LogP contribution in [0, 0.1) is 13.8 Å². The van der Waals surface area contributed by atoms with Gasteiger partial charge in [0.05, 0.1) is 9.77 Å². The zero-order valence-electron chi connectivity index (χ0n) is 14.4. The van der Waals surface area contributed by atoms with Crippen LogP contribution >= 0.6 is 11.3 Å². The van der Waals surface area contributed by atoms with E-state index in [1.165, 1.54) is 10.4 Å². The number of anilines is 1. The van der Waals surface area contributed by atoms with Crippen molar-refractivity contribution in [1.29, 1.82) is 0 Å². The van der Waals surface area contributed by atoms with Gasteiger partial charge >= 0.3 is 0 Å². The Bertz CT molecular complexity index is 881. The highest BCUT2D eigenvalue weighted by Gasteiger charge is 2.27. The van der Waals surface area contributed by atoms with Gasteiger partial charge in [0.15, 0.2) is 0 Å². The molecule has 0 atom stereocenters. The minimum absolute atomic E-state index is 0.213. The number of amides is 1. The van der Waals surface area contributed by atoms with Gasteiger partial charge in [0.2, 0.25) is 10.0 Å². The van der Waals surface area contributed by atoms with Crippen LogP contribution in [0.2, 0.25) is 0 Å². The lowest BCUT2D eigenvalue weighted by molar-refractivity contribution is 0.103. The topological polar surface area (TPSA) is 66.5 Å². The molecule has 1 saturated heterocycles. The second kappa shape index (κ2) is 7.27. The van der Waals surface area contributed by atoms with Crippen molar-refractivity contribution < 1.29 is 13.2 Å². The summed E-state index contributed by atoms with van der Waals surface area (Å²) in [5, 5.41) is 4.39. The Morgan fingerprint density at radius 1 is 1.08 bits per heavy atom. The number of carbonyl (C=O) groups excluding carboxylic acids is 1. The van der Waals surface area contributed by atoms with Gasteiger partial charge in [-0.3, -0.25) is 4.79 Å². The fourth-order valence-corrected chi connectivity index (χ4v) is 5.51. The van der Waals surface area contributed by atoms with E-state index in [9.17, 15) is 13.2 Å². The van der Waals surface area contributed by atoms with Gasteiger partial charge in [0.25, 0.3) is 5.91 Å². The van der Waals surface area contributed by atoms with Gasteiger partial charge in [-0.2, -0.15) is 4.31 Å². The number of benzene rings is 1. The number of carbonyl (C=O) groups is 1. The van der Waals surface area contributed by atoms with E-state index < -0.39 is 10.0 Å². The Hall–Kier alpha value is -1.70. The van der Waals surface area contributed by atoms with E-state index in [2.05, 4.69) is 5.32 Å². The normalized spacial score (nSPS) is 15.9. The highest BCUT2D eigenvalue weighted by molar-refractivity contribution is 7.89. The molecule has 0 unspecified atom stereocenters. The third kappa shape index (κ3) is 3.94. The molecular weight excluding hydrogens is 356 g/mol. The minimum Gasteiger partial charge on any atom is -0.321 e. The number of thiophene rings is 1. The molecule has 0 bridgehead atoms. The smallest absolute Gasteiger partial charge is 0.265 e. The number of piperidine rings is 1. The van der Waals surface area contributed by atoms with Crippen LogP contribution in [0.25, 0.3) is 0 Å². The standard InChI is InChI=1S/C18H22N2O3S2/c1-13-6-7-15(10-14(13)2)19-18(21)17-11-16(12-24-17)25(22,23)20-8-4-3-5-9-20/h6-7,10-12H,3-5,8-9H2,1-2H3,(H,19,21). The number of rotatable bonds is 4. The summed E-state index contributed by atoms with van der Waals surface area (Å²) < 4.78 is 26.8. The van der Waals surface area contributed by atoms with E-state index >= 15 is 0 Å². The first-order chi connectivity index (χ1) is 11.9. The summed E-state index contributed by atoms with van der Waals surface area (Å²) >= 11 is 1.16. The predicted molar refractivity (Wildman–Crippen MR) is 101 cm³/mol. The van der Waals surface area contributed by atoms with E-state index in [4.69, 9.17) is 0 Å². The van der Waals surface area contributed by atoms with Gasteiger partial charge in [-0.15, -0.1) is 11.3 Å². The molecule has 3 rings (SSSR count). The summed E-state index contributed by atoms with van der Waals surface area (Å²) in [6, 6.07) is 7.18. The van der Waals surface area contributed by atoms with Crippen LogP contribution in [0.5, 0.6) is 0 Å². The van der Waals surface area contributed by atoms with Crippen molar-refractivity contribution in [2.45, 2.75) is 38.0 Å². The second-order valence-corrected chi connectivity index (χ2v) is 9.21. The fraction of sp³-hybridized carbons (Fsp3) is 0.389. The Morgan fingerprint density at radius 2 is 1.80 bits per heavy atom. The van der Waals surface area contributed by atoms with Crippen molar-refractivity contribution in [2.24, 2.45) is 0 Å². The summed E-state index contributed by atoms with van der Waals surface area (Å²) in [5.74, 6) is -0.284. The molecule has 1 N–H and O–H groups in total. The Kier molecular flexibility index (Phi) is 5.27. The SMILES string of the molecule is Cc1ccc(NC(=O)c2cc(S(=O)(=O)N3CCCCC3)cs2)cc1C. The molecule has 1 aromatic carbocycles. The third-order valence-electron chi connectivity index (χ3n) is 4.52. The molecule has 1 aliphatic heterocycles. The number of aryl methyl sites for hydroxylation is 2. The van der Waals surface area contributed by atoms with Crippen LogP contribution in [0.3, 0.4) is 0 Å². The lowest BCUT2D eigenvalue weighted by Gasteiger charge is -2.25. The fourth-order valence-electron chi connectivity index (χ4n) is 2.84. The molecule has 0 spiro atoms. The number of nitrogens with zero attached hydrogens (tertiary/aromatic N) is 1. The van der Waals surface area contributed by atoms with Gasteiger partial charge in [-0.1, -0.05) is 12.5 Å². The van der Waals surface area contributed by atoms with Gasteiger partial charge < -0.3 is 5.32 Å². The second-order valence-electron chi connectivity index (χ2n) is 6.36. The summed E-state index contributed by atoms with van der Waals surface area (Å²) in [6.07, 6.45) is 2.85. The highest BCUT2D eigenvalue weighted by atomic mass is 32.2. The number of hydrogen-bond acceptors (Lipinski definition) is 4. The van der Waals surface area contributed by atoms with Crippen molar-refractivity contribution in [1.82, 2.24) is 4.31 Å². The first-order valence-corrected chi connectivity index (χ1v) is 10.7. The van der Waals surface area contributed by atoms with Crippen LogP contribution < -0.4 is 5.32 Å². The quantitative estimate of drug-likeness (QED) is 0.880. The number of sulfonamides is 1. The van der Waals surface area contributed by atoms with Gasteiger partial charge in [0.1, 0.15) is 0 Å². The molecule has 0 radical (unpaired) electrons. The molecule has 2 aromatic rings. The number of hydrogen-bond donors (Lipinski definition) is 1. The summed E-state index contributed by atoms with van der Waals surface area (Å²) in [6.45, 7) is 5.11. The van der Waals surface area contributed by atoms with E-state index in [0.717, 1.165) is 41.7 Å². The van der Waals surface area contributed by atoms with Gasteiger partial charge in [0, 0.05) is 24.2 Å². The van der Waals surface area contributed by atoms with E-state index in [1.807, 2.05) is 32.0 Å². The molecule has 1 aliphatic rings. The molecule has 1 aromatic heterocycles. The lowest BCUT2D eigenvalue weighted by Crippen LogP contribution is -2.35. The molecule has 1 fully saturated rings. The van der Waals surface area contributed by atoms with E-state index in [0.29, 0.717) is 23.7 Å². The molecule has 2 heterocycles. The predicted octanol–water partition coefficient (Wildman–Crippen LogP) is 3.79. The average Bonchev–Trinajstić information content (AvgIpc) is 3.10. The van der Waals surface area contributed by atoms with Crippen molar-refractivity contribution in [2.75, 3.05) is 18.4 Å². The molecule has 7 heteroatoms. The molecule has 0 saturated carbocycles. The Labute approximate surface area is 152 Å². The molecule has 1 amide bonds. The van der Waals surface area contributed by atoms with Crippen LogP contribution in [-0.2, 0) is 10.0 Å². The Morgan fingerprint density at radius 3 is 2.48 bits per heavy atom. The largest absolute Gasteiger partial charge is 0.321 e. The molecule has 25 heavy (non-hydrogen) atoms. The third-order valence-corrected chi connectivity index (χ3v) is 7.47. The number of nitrogens with one attached hydrogen (secondary N) is 1. The molecule has 5 nitrogen and oxygen atoms in total. The minimum atomic E-state index is -3.50. The Balaban J connectivity index is 1.76. The van der Waals surface area contributed by atoms with Crippen molar-refractivity contribution >= 4 is 33.0 Å². The monoisotopic (exact) mass is 378 g/mol. The molecule has 134 valence electrons. The maximum atomic E-state index is 12.7. The van der Waals surface area contributed by atoms with Crippen LogP contribution in [0.1, 0.15) is 40.1 Å². The van der Waals surface area contributed by atoms with Crippen molar-refractivity contribution in [3.05, 3.63) is 45.6 Å². The molecular formula is C18H22N2O3S2. The van der Waals surface area contributed by atoms with Gasteiger partial charge in [-0.25, -0.2) is 8.42 Å². The lowest BCUT2D eigenvalue weighted by atomic mass is 10.1. The summed E-state index contributed by atoms with van der Waals surface area (Å²) in [4.78, 5) is 13.0. The summed E-state index contributed by atoms with van der Waals surface area (Å²) in [5.41, 5.74) is 2.96. The maximum absolute atomic E-state index is 12.7. The van der Waals surface area contributed by atoms with E-state index in [1.54, 1.807) is 5.38 Å². The first kappa shape index (κ1) is 18.1. The maximum Gasteiger partial charge on any atom is 0.265 e. The van der Waals surface area contributed by atoms with Crippen molar-refractivity contribution in [3.8, 4) is 0 Å². The average molecular weight is 379 g/mol. The summed E-state index contributed by atoms with van der Waals surface area (Å²) in [7, 11) is -3.50. The zero-order chi connectivity index (χ0) is 18.0. The highest BCUT2D eigenvalue weighted by Crippen LogP contribution is 2.26. The van der Waals surface area contributed by atoms with Crippen molar-refractivity contribution in [3.63, 3.8) is 0 Å². The zero-order valence-corrected chi connectivity index (χ0v) is 16.0. The van der Waals surface area contributed by atoms with Crippen LogP contribution in [0.4, 0.5) is 5.69 Å². The van der Waals surface area contributed by atoms with Crippen LogP contribution in [-0.4, -0.2) is 31.7 Å². The first-order valence-electron chi connectivity index (χ1n) is 8.35. The molecule has 0 aliphatic carbocycles. The van der Waals surface area contributed by atoms with E-state index in [-0.39, 0.29) is 10.8 Å².